The number of nitrogens with two attached hydrogens (primary N) is 1. The highest BCUT2D eigenvalue weighted by Gasteiger charge is 2.42. The van der Waals surface area contributed by atoms with Crippen LogP contribution in [0.1, 0.15) is 38.7 Å². The normalized spacial score (nSPS) is 26.7. The molecule has 2 aromatic rings. The van der Waals surface area contributed by atoms with Crippen LogP contribution < -0.4 is 5.73 Å². The number of nitrogens with zero attached hydrogens (tertiary/aromatic N) is 2. The second-order valence-electron chi connectivity index (χ2n) is 8.34. The van der Waals surface area contributed by atoms with Crippen molar-refractivity contribution in [2.75, 3.05) is 6.61 Å². The summed E-state index contributed by atoms with van der Waals surface area (Å²) < 4.78 is 20.1. The molecule has 8 heteroatoms. The molecule has 2 aromatic carbocycles. The predicted octanol–water partition coefficient (Wildman–Crippen LogP) is 5.13. The van der Waals surface area contributed by atoms with Gasteiger partial charge in [0.2, 0.25) is 5.91 Å². The number of carbonyl (C=O) groups is 1. The Morgan fingerprint density at radius 1 is 1.26 bits per heavy atom. The molecule has 2 aliphatic rings. The highest BCUT2D eigenvalue weighted by Crippen LogP contribution is 2.42. The Hall–Kier alpha value is -2.15. The summed E-state index contributed by atoms with van der Waals surface area (Å²) in [5.74, 6) is -0.399. The van der Waals surface area contributed by atoms with Crippen molar-refractivity contribution in [2.45, 2.75) is 50.8 Å². The van der Waals surface area contributed by atoms with Crippen LogP contribution >= 0.6 is 23.2 Å². The molecule has 0 aromatic heterocycles. The zero-order chi connectivity index (χ0) is 22.3. The SMILES string of the molecule is C[C@H]1C[C@@H](N2C(=O)C[C@@](C)(c3cccc(-c4ccc(Cl)cc4F)c3Cl)N=C2N)CCO1. The van der Waals surface area contributed by atoms with Gasteiger partial charge in [0, 0.05) is 28.8 Å². The molecule has 164 valence electrons. The summed E-state index contributed by atoms with van der Waals surface area (Å²) in [6.07, 6.45) is 1.61. The lowest BCUT2D eigenvalue weighted by molar-refractivity contribution is -0.133. The Kier molecular flexibility index (Phi) is 5.99. The van der Waals surface area contributed by atoms with Crippen LogP contribution in [0.25, 0.3) is 11.1 Å². The highest BCUT2D eigenvalue weighted by molar-refractivity contribution is 6.34. The van der Waals surface area contributed by atoms with E-state index in [1.165, 1.54) is 6.07 Å². The fourth-order valence-corrected chi connectivity index (χ4v) is 5.06. The minimum Gasteiger partial charge on any atom is -0.378 e. The molecule has 5 nitrogen and oxygen atoms in total. The van der Waals surface area contributed by atoms with Crippen molar-refractivity contribution >= 4 is 35.1 Å². The van der Waals surface area contributed by atoms with Gasteiger partial charge in [-0.2, -0.15) is 0 Å². The number of ether oxygens (including phenoxy) is 1. The molecule has 3 atom stereocenters. The van der Waals surface area contributed by atoms with Gasteiger partial charge in [-0.25, -0.2) is 9.38 Å². The third-order valence-electron chi connectivity index (χ3n) is 6.00. The first-order valence-corrected chi connectivity index (χ1v) is 11.0. The van der Waals surface area contributed by atoms with Gasteiger partial charge in [0.25, 0.3) is 0 Å². The number of guanidine groups is 1. The minimum absolute atomic E-state index is 0.0329. The monoisotopic (exact) mass is 463 g/mol. The van der Waals surface area contributed by atoms with Gasteiger partial charge in [0.1, 0.15) is 5.82 Å². The topological polar surface area (TPSA) is 67.9 Å². The van der Waals surface area contributed by atoms with Crippen LogP contribution in [0.2, 0.25) is 10.0 Å². The molecule has 0 spiro atoms. The number of hydrogen-bond donors (Lipinski definition) is 1. The minimum atomic E-state index is -0.954. The highest BCUT2D eigenvalue weighted by atomic mass is 35.5. The van der Waals surface area contributed by atoms with Crippen molar-refractivity contribution in [1.82, 2.24) is 4.90 Å². The third kappa shape index (κ3) is 4.16. The van der Waals surface area contributed by atoms with Gasteiger partial charge in [-0.15, -0.1) is 0 Å². The Morgan fingerprint density at radius 3 is 2.71 bits per heavy atom. The molecule has 2 N–H and O–H groups in total. The van der Waals surface area contributed by atoms with Gasteiger partial charge in [-0.3, -0.25) is 9.69 Å². The number of rotatable bonds is 3. The third-order valence-corrected chi connectivity index (χ3v) is 6.64. The molecule has 2 aliphatic heterocycles. The standard InChI is InChI=1S/C23H24Cl2FN3O2/c1-13-10-15(8-9-31-13)29-20(30)12-23(2,28-22(29)27)18-5-3-4-17(21(18)25)16-7-6-14(24)11-19(16)26/h3-7,11,13,15H,8-10,12H2,1-2H3,(H2,27,28)/t13-,15-,23-/m0/s1. The van der Waals surface area contributed by atoms with Gasteiger partial charge in [-0.1, -0.05) is 41.4 Å². The molecule has 1 fully saturated rings. The average molecular weight is 464 g/mol. The summed E-state index contributed by atoms with van der Waals surface area (Å²) in [5, 5.41) is 0.641. The van der Waals surface area contributed by atoms with Crippen LogP contribution in [0.4, 0.5) is 4.39 Å². The molecular weight excluding hydrogens is 440 g/mol. The number of benzene rings is 2. The Morgan fingerprint density at radius 2 is 2.03 bits per heavy atom. The molecule has 31 heavy (non-hydrogen) atoms. The van der Waals surface area contributed by atoms with Crippen LogP contribution in [-0.2, 0) is 15.1 Å². The fraction of sp³-hybridized carbons (Fsp3) is 0.391. The maximum atomic E-state index is 14.5. The van der Waals surface area contributed by atoms with Gasteiger partial charge in [0.05, 0.1) is 23.1 Å². The van der Waals surface area contributed by atoms with Crippen LogP contribution in [0.15, 0.2) is 41.4 Å². The number of aliphatic imine (C=N–C) groups is 1. The quantitative estimate of drug-likeness (QED) is 0.685. The number of carbonyl (C=O) groups excluding carboxylic acids is 1. The largest absolute Gasteiger partial charge is 0.378 e. The van der Waals surface area contributed by atoms with E-state index in [9.17, 15) is 9.18 Å². The van der Waals surface area contributed by atoms with E-state index in [-0.39, 0.29) is 30.4 Å². The summed E-state index contributed by atoms with van der Waals surface area (Å²) in [5.41, 5.74) is 6.80. The maximum Gasteiger partial charge on any atom is 0.232 e. The second-order valence-corrected chi connectivity index (χ2v) is 9.15. The van der Waals surface area contributed by atoms with Gasteiger partial charge in [-0.05, 0) is 50.5 Å². The van der Waals surface area contributed by atoms with Crippen LogP contribution in [0.3, 0.4) is 0 Å². The smallest absolute Gasteiger partial charge is 0.232 e. The maximum absolute atomic E-state index is 14.5. The Labute approximate surface area is 191 Å². The zero-order valence-electron chi connectivity index (χ0n) is 17.4. The molecule has 0 bridgehead atoms. The van der Waals surface area contributed by atoms with Gasteiger partial charge >= 0.3 is 0 Å². The molecule has 1 saturated heterocycles. The number of halogens is 3. The van der Waals surface area contributed by atoms with E-state index in [2.05, 4.69) is 0 Å². The summed E-state index contributed by atoms with van der Waals surface area (Å²) in [7, 11) is 0. The first-order chi connectivity index (χ1) is 14.7. The lowest BCUT2D eigenvalue weighted by Crippen LogP contribution is -2.56. The van der Waals surface area contributed by atoms with E-state index in [4.69, 9.17) is 38.7 Å². The summed E-state index contributed by atoms with van der Waals surface area (Å²) >= 11 is 12.6. The van der Waals surface area contributed by atoms with E-state index in [0.29, 0.717) is 39.8 Å². The van der Waals surface area contributed by atoms with Crippen molar-refractivity contribution in [3.05, 3.63) is 57.8 Å². The molecule has 0 radical (unpaired) electrons. The lowest BCUT2D eigenvalue weighted by atomic mass is 9.85. The van der Waals surface area contributed by atoms with Crippen molar-refractivity contribution < 1.29 is 13.9 Å². The van der Waals surface area contributed by atoms with E-state index in [1.807, 2.05) is 13.8 Å². The number of amides is 1. The van der Waals surface area contributed by atoms with Crippen molar-refractivity contribution in [1.29, 1.82) is 0 Å². The van der Waals surface area contributed by atoms with Gasteiger partial charge < -0.3 is 10.5 Å². The van der Waals surface area contributed by atoms with Crippen LogP contribution in [-0.4, -0.2) is 35.5 Å². The predicted molar refractivity (Wildman–Crippen MR) is 121 cm³/mol. The number of hydrogen-bond acceptors (Lipinski definition) is 4. The summed E-state index contributed by atoms with van der Waals surface area (Å²) in [6.45, 7) is 4.39. The van der Waals surface area contributed by atoms with Crippen LogP contribution in [0, 0.1) is 5.82 Å². The Balaban J connectivity index is 1.72. The van der Waals surface area contributed by atoms with E-state index < -0.39 is 11.4 Å². The molecule has 0 saturated carbocycles. The average Bonchev–Trinajstić information content (AvgIpc) is 2.68. The van der Waals surface area contributed by atoms with Crippen molar-refractivity contribution in [2.24, 2.45) is 10.7 Å². The molecule has 2 heterocycles. The van der Waals surface area contributed by atoms with Crippen LogP contribution in [0.5, 0.6) is 0 Å². The summed E-state index contributed by atoms with van der Waals surface area (Å²) in [6, 6.07) is 9.72. The van der Waals surface area contributed by atoms with E-state index in [1.54, 1.807) is 35.2 Å². The molecule has 1 amide bonds. The van der Waals surface area contributed by atoms with E-state index in [0.717, 1.165) is 6.42 Å². The van der Waals surface area contributed by atoms with E-state index >= 15 is 0 Å². The zero-order valence-corrected chi connectivity index (χ0v) is 18.9. The molecular formula is C23H24Cl2FN3O2. The molecule has 0 unspecified atom stereocenters. The first kappa shape index (κ1) is 22.1. The van der Waals surface area contributed by atoms with Crippen molar-refractivity contribution in [3.8, 4) is 11.1 Å². The van der Waals surface area contributed by atoms with Crippen molar-refractivity contribution in [3.63, 3.8) is 0 Å². The molecule has 4 rings (SSSR count). The molecule has 0 aliphatic carbocycles. The first-order valence-electron chi connectivity index (χ1n) is 10.2. The summed E-state index contributed by atoms with van der Waals surface area (Å²) in [4.78, 5) is 19.5. The second kappa shape index (κ2) is 8.41. The Bertz CT molecular complexity index is 1060. The fourth-order valence-electron chi connectivity index (χ4n) is 4.47. The van der Waals surface area contributed by atoms with Gasteiger partial charge in [0.15, 0.2) is 5.96 Å². The lowest BCUT2D eigenvalue weighted by Gasteiger charge is -2.41.